The number of hydrogen-bond acceptors (Lipinski definition) is 5. The predicted molar refractivity (Wildman–Crippen MR) is 125 cm³/mol. The molecule has 2 aromatic carbocycles. The summed E-state index contributed by atoms with van der Waals surface area (Å²) in [6.07, 6.45) is 0.844. The van der Waals surface area contributed by atoms with Gasteiger partial charge in [0.25, 0.3) is 5.56 Å². The summed E-state index contributed by atoms with van der Waals surface area (Å²) >= 11 is 8.72. The van der Waals surface area contributed by atoms with Crippen LogP contribution in [0.4, 0.5) is 5.69 Å². The van der Waals surface area contributed by atoms with E-state index in [0.717, 1.165) is 17.0 Å². The average Bonchev–Trinajstić information content (AvgIpc) is 3.17. The molecule has 0 unspecified atom stereocenters. The molecule has 0 radical (unpaired) electrons. The van der Waals surface area contributed by atoms with Gasteiger partial charge in [-0.25, -0.2) is 4.98 Å². The van der Waals surface area contributed by atoms with Gasteiger partial charge in [0.15, 0.2) is 5.16 Å². The zero-order valence-electron chi connectivity index (χ0n) is 16.1. The number of carbonyl (C=O) groups excluding carboxylic acids is 1. The fourth-order valence-corrected chi connectivity index (χ4v) is 4.99. The zero-order valence-corrected chi connectivity index (χ0v) is 18.5. The van der Waals surface area contributed by atoms with Gasteiger partial charge >= 0.3 is 0 Å². The molecule has 0 saturated heterocycles. The van der Waals surface area contributed by atoms with Gasteiger partial charge in [-0.3, -0.25) is 14.2 Å². The summed E-state index contributed by atoms with van der Waals surface area (Å²) in [5.74, 6) is -0.0832. The molecule has 30 heavy (non-hydrogen) atoms. The minimum absolute atomic E-state index is 0.114. The van der Waals surface area contributed by atoms with Gasteiger partial charge in [-0.05, 0) is 42.8 Å². The summed E-state index contributed by atoms with van der Waals surface area (Å²) in [5.41, 5.74) is 1.22. The number of aromatic nitrogens is 2. The third-order valence-corrected chi connectivity index (χ3v) is 6.74. The van der Waals surface area contributed by atoms with E-state index < -0.39 is 0 Å². The van der Waals surface area contributed by atoms with Crippen molar-refractivity contribution < 1.29 is 4.79 Å². The average molecular weight is 456 g/mol. The van der Waals surface area contributed by atoms with E-state index in [9.17, 15) is 9.59 Å². The monoisotopic (exact) mass is 455 g/mol. The molecule has 1 amide bonds. The van der Waals surface area contributed by atoms with Gasteiger partial charge in [-0.2, -0.15) is 0 Å². The van der Waals surface area contributed by atoms with Gasteiger partial charge in [0, 0.05) is 15.6 Å². The van der Waals surface area contributed by atoms with Crippen molar-refractivity contribution in [2.75, 3.05) is 11.1 Å². The van der Waals surface area contributed by atoms with Crippen molar-refractivity contribution in [1.82, 2.24) is 9.55 Å². The van der Waals surface area contributed by atoms with Crippen LogP contribution in [0, 0.1) is 0 Å². The van der Waals surface area contributed by atoms with Crippen molar-refractivity contribution in [3.63, 3.8) is 0 Å². The Labute approximate surface area is 186 Å². The lowest BCUT2D eigenvalue weighted by Crippen LogP contribution is -2.22. The lowest BCUT2D eigenvalue weighted by molar-refractivity contribution is -0.113. The number of nitrogens with zero attached hydrogens (tertiary/aromatic N) is 2. The molecule has 0 spiro atoms. The molecule has 152 valence electrons. The molecule has 2 aromatic heterocycles. The lowest BCUT2D eigenvalue weighted by atomic mass is 10.3. The second kappa shape index (κ2) is 9.04. The first-order valence-electron chi connectivity index (χ1n) is 9.34. The molecule has 8 heteroatoms. The number of nitrogens with one attached hydrogen (secondary N) is 1. The van der Waals surface area contributed by atoms with Crippen LogP contribution in [0.1, 0.15) is 11.8 Å². The summed E-state index contributed by atoms with van der Waals surface area (Å²) in [6.45, 7) is 2.05. The van der Waals surface area contributed by atoms with Crippen LogP contribution in [0.5, 0.6) is 0 Å². The number of hydrogen-bond donors (Lipinski definition) is 1. The van der Waals surface area contributed by atoms with Crippen LogP contribution < -0.4 is 10.9 Å². The first-order chi connectivity index (χ1) is 14.5. The van der Waals surface area contributed by atoms with Crippen LogP contribution in [0.15, 0.2) is 70.6 Å². The standard InChI is InChI=1S/C22H18ClN3O2S2/c1-2-17-12-18-20(30-17)25-22(26(21(18)28)16-9-4-3-5-10-16)29-13-19(27)24-15-8-6-7-14(23)11-15/h3-12H,2,13H2,1H3,(H,24,27). The third kappa shape index (κ3) is 4.43. The molecule has 0 saturated carbocycles. The Morgan fingerprint density at radius 2 is 1.97 bits per heavy atom. The van der Waals surface area contributed by atoms with Crippen LogP contribution >= 0.6 is 34.7 Å². The van der Waals surface area contributed by atoms with Crippen molar-refractivity contribution in [2.24, 2.45) is 0 Å². The lowest BCUT2D eigenvalue weighted by Gasteiger charge is -2.12. The summed E-state index contributed by atoms with van der Waals surface area (Å²) < 4.78 is 1.58. The van der Waals surface area contributed by atoms with E-state index in [2.05, 4.69) is 12.2 Å². The van der Waals surface area contributed by atoms with E-state index in [4.69, 9.17) is 16.6 Å². The predicted octanol–water partition coefficient (Wildman–Crippen LogP) is 5.39. The summed E-state index contributed by atoms with van der Waals surface area (Å²) in [7, 11) is 0. The normalized spacial score (nSPS) is 11.0. The maximum absolute atomic E-state index is 13.3. The molecule has 4 aromatic rings. The Morgan fingerprint density at radius 3 is 2.70 bits per heavy atom. The minimum atomic E-state index is -0.198. The number of carbonyl (C=O) groups is 1. The fraction of sp³-hybridized carbons (Fsp3) is 0.136. The highest BCUT2D eigenvalue weighted by molar-refractivity contribution is 7.99. The van der Waals surface area contributed by atoms with Gasteiger partial charge < -0.3 is 5.32 Å². The fourth-order valence-electron chi connectivity index (χ4n) is 2.98. The smallest absolute Gasteiger partial charge is 0.267 e. The van der Waals surface area contributed by atoms with Crippen molar-refractivity contribution in [1.29, 1.82) is 0 Å². The molecular formula is C22H18ClN3O2S2. The highest BCUT2D eigenvalue weighted by Crippen LogP contribution is 2.27. The maximum Gasteiger partial charge on any atom is 0.267 e. The topological polar surface area (TPSA) is 64.0 Å². The van der Waals surface area contributed by atoms with Crippen molar-refractivity contribution in [2.45, 2.75) is 18.5 Å². The van der Waals surface area contributed by atoms with Crippen LogP contribution in [-0.4, -0.2) is 21.2 Å². The number of anilines is 1. The molecule has 1 N–H and O–H groups in total. The second-order valence-electron chi connectivity index (χ2n) is 6.50. The van der Waals surface area contributed by atoms with E-state index in [1.165, 1.54) is 23.1 Å². The quantitative estimate of drug-likeness (QED) is 0.312. The number of thioether (sulfide) groups is 1. The van der Waals surface area contributed by atoms with E-state index in [1.807, 2.05) is 36.4 Å². The van der Waals surface area contributed by atoms with Crippen molar-refractivity contribution >= 4 is 56.5 Å². The summed E-state index contributed by atoms with van der Waals surface area (Å²) in [4.78, 5) is 32.2. The SMILES string of the molecule is CCc1cc2c(=O)n(-c3ccccc3)c(SCC(=O)Nc3cccc(Cl)c3)nc2s1. The molecule has 0 aliphatic rings. The Kier molecular flexibility index (Phi) is 6.22. The van der Waals surface area contributed by atoms with Crippen LogP contribution in [-0.2, 0) is 11.2 Å². The van der Waals surface area contributed by atoms with Gasteiger partial charge in [0.1, 0.15) is 4.83 Å². The Morgan fingerprint density at radius 1 is 1.17 bits per heavy atom. The second-order valence-corrected chi connectivity index (χ2v) is 9.00. The number of rotatable bonds is 6. The Bertz CT molecular complexity index is 1270. The highest BCUT2D eigenvalue weighted by atomic mass is 35.5. The van der Waals surface area contributed by atoms with E-state index in [0.29, 0.717) is 26.1 Å². The molecule has 2 heterocycles. The van der Waals surface area contributed by atoms with Gasteiger partial charge in [0.05, 0.1) is 16.8 Å². The molecule has 0 aliphatic carbocycles. The number of para-hydroxylation sites is 1. The molecule has 0 bridgehead atoms. The van der Waals surface area contributed by atoms with Crippen molar-refractivity contribution in [3.8, 4) is 5.69 Å². The molecule has 5 nitrogen and oxygen atoms in total. The Balaban J connectivity index is 1.66. The van der Waals surface area contributed by atoms with Crippen LogP contribution in [0.25, 0.3) is 15.9 Å². The van der Waals surface area contributed by atoms with Gasteiger partial charge in [0.2, 0.25) is 5.91 Å². The summed E-state index contributed by atoms with van der Waals surface area (Å²) in [6, 6.07) is 18.2. The third-order valence-electron chi connectivity index (χ3n) is 4.39. The number of halogens is 1. The molecule has 0 aliphatic heterocycles. The van der Waals surface area contributed by atoms with Gasteiger partial charge in [-0.15, -0.1) is 11.3 Å². The highest BCUT2D eigenvalue weighted by Gasteiger charge is 2.17. The van der Waals surface area contributed by atoms with Crippen LogP contribution in [0.3, 0.4) is 0 Å². The summed E-state index contributed by atoms with van der Waals surface area (Å²) in [5, 5.41) is 4.47. The minimum Gasteiger partial charge on any atom is -0.325 e. The van der Waals surface area contributed by atoms with E-state index in [1.54, 1.807) is 28.8 Å². The Hall–Kier alpha value is -2.61. The first-order valence-corrected chi connectivity index (χ1v) is 11.5. The number of fused-ring (bicyclic) bond motifs is 1. The number of thiophene rings is 1. The maximum atomic E-state index is 13.3. The zero-order chi connectivity index (χ0) is 21.1. The molecule has 0 atom stereocenters. The molecule has 4 rings (SSSR count). The van der Waals surface area contributed by atoms with E-state index >= 15 is 0 Å². The van der Waals surface area contributed by atoms with E-state index in [-0.39, 0.29) is 17.2 Å². The van der Waals surface area contributed by atoms with Gasteiger partial charge in [-0.1, -0.05) is 54.6 Å². The largest absolute Gasteiger partial charge is 0.325 e. The first kappa shape index (κ1) is 20.7. The van der Waals surface area contributed by atoms with Crippen molar-refractivity contribution in [3.05, 3.63) is 80.9 Å². The number of amides is 1. The molecule has 0 fully saturated rings. The molecular weight excluding hydrogens is 438 g/mol. The number of aryl methyl sites for hydroxylation is 1. The number of benzene rings is 2. The van der Waals surface area contributed by atoms with Crippen LogP contribution in [0.2, 0.25) is 5.02 Å².